The Labute approximate surface area is 120 Å². The van der Waals surface area contributed by atoms with E-state index < -0.39 is 4.92 Å². The van der Waals surface area contributed by atoms with Crippen LogP contribution < -0.4 is 5.32 Å². The molecule has 0 radical (unpaired) electrons. The van der Waals surface area contributed by atoms with Gasteiger partial charge in [-0.15, -0.1) is 0 Å². The Bertz CT molecular complexity index is 710. The van der Waals surface area contributed by atoms with Gasteiger partial charge in [0, 0.05) is 12.6 Å². The smallest absolute Gasteiger partial charge is 0.292 e. The zero-order chi connectivity index (χ0) is 15.2. The molecule has 0 aliphatic carbocycles. The number of hydrogen-bond acceptors (Lipinski definition) is 4. The maximum Gasteiger partial charge on any atom is 0.292 e. The molecule has 5 nitrogen and oxygen atoms in total. The van der Waals surface area contributed by atoms with Gasteiger partial charge in [-0.1, -0.05) is 12.1 Å². The molecular formula is C15H12FN3O2. The average molecular weight is 285 g/mol. The monoisotopic (exact) mass is 285 g/mol. The lowest BCUT2D eigenvalue weighted by Crippen LogP contribution is -2.07. The summed E-state index contributed by atoms with van der Waals surface area (Å²) in [5.41, 5.74) is 1.33. The number of benzene rings is 2. The summed E-state index contributed by atoms with van der Waals surface area (Å²) in [6.07, 6.45) is 0.520. The van der Waals surface area contributed by atoms with E-state index in [0.717, 1.165) is 5.56 Å². The lowest BCUT2D eigenvalue weighted by atomic mass is 10.1. The van der Waals surface area contributed by atoms with Crippen molar-refractivity contribution in [1.82, 2.24) is 0 Å². The number of rotatable bonds is 5. The zero-order valence-electron chi connectivity index (χ0n) is 11.0. The molecule has 0 aliphatic heterocycles. The Morgan fingerprint density at radius 1 is 1.29 bits per heavy atom. The Hall–Kier alpha value is -2.94. The highest BCUT2D eigenvalue weighted by atomic mass is 19.1. The van der Waals surface area contributed by atoms with E-state index in [1.165, 1.54) is 30.3 Å². The summed E-state index contributed by atoms with van der Waals surface area (Å²) < 4.78 is 13.0. The molecule has 0 aromatic heterocycles. The predicted molar refractivity (Wildman–Crippen MR) is 76.4 cm³/mol. The topological polar surface area (TPSA) is 79.0 Å². The molecule has 1 N–H and O–H groups in total. The van der Waals surface area contributed by atoms with Crippen LogP contribution in [0.3, 0.4) is 0 Å². The summed E-state index contributed by atoms with van der Waals surface area (Å²) in [7, 11) is 0. The number of nitrogens with zero attached hydrogens (tertiary/aromatic N) is 2. The number of nitro groups is 1. The Balaban J connectivity index is 2.09. The van der Waals surface area contributed by atoms with E-state index in [-0.39, 0.29) is 17.2 Å². The van der Waals surface area contributed by atoms with Gasteiger partial charge in [0.05, 0.1) is 16.6 Å². The molecule has 0 bridgehead atoms. The van der Waals surface area contributed by atoms with Gasteiger partial charge in [0.2, 0.25) is 0 Å². The predicted octanol–water partition coefficient (Wildman–Crippen LogP) is 3.26. The number of nitrogens with one attached hydrogen (secondary N) is 1. The van der Waals surface area contributed by atoms with Crippen molar-refractivity contribution in [3.63, 3.8) is 0 Å². The molecule has 2 aromatic carbocycles. The van der Waals surface area contributed by atoms with Gasteiger partial charge < -0.3 is 5.32 Å². The molecule has 0 unspecified atom stereocenters. The summed E-state index contributed by atoms with van der Waals surface area (Å²) >= 11 is 0. The molecular weight excluding hydrogens is 273 g/mol. The molecule has 2 aromatic rings. The third-order valence-corrected chi connectivity index (χ3v) is 2.94. The van der Waals surface area contributed by atoms with Gasteiger partial charge in [-0.3, -0.25) is 10.1 Å². The van der Waals surface area contributed by atoms with Crippen LogP contribution in [-0.4, -0.2) is 11.5 Å². The van der Waals surface area contributed by atoms with Gasteiger partial charge in [-0.05, 0) is 36.2 Å². The normalized spacial score (nSPS) is 9.90. The van der Waals surface area contributed by atoms with Gasteiger partial charge in [-0.2, -0.15) is 5.26 Å². The minimum absolute atomic E-state index is 0.0896. The number of anilines is 1. The van der Waals surface area contributed by atoms with Crippen molar-refractivity contribution in [1.29, 1.82) is 5.26 Å². The van der Waals surface area contributed by atoms with Crippen LogP contribution in [0.15, 0.2) is 42.5 Å². The largest absolute Gasteiger partial charge is 0.379 e. The van der Waals surface area contributed by atoms with Gasteiger partial charge in [-0.25, -0.2) is 4.39 Å². The van der Waals surface area contributed by atoms with Gasteiger partial charge in [0.15, 0.2) is 0 Å². The molecule has 6 heteroatoms. The molecule has 0 heterocycles. The maximum atomic E-state index is 13.0. The fraction of sp³-hybridized carbons (Fsp3) is 0.133. The van der Waals surface area contributed by atoms with E-state index in [2.05, 4.69) is 5.32 Å². The Morgan fingerprint density at radius 2 is 2.10 bits per heavy atom. The van der Waals surface area contributed by atoms with E-state index in [0.29, 0.717) is 18.5 Å². The van der Waals surface area contributed by atoms with E-state index in [4.69, 9.17) is 5.26 Å². The number of nitro benzene ring substituents is 1. The van der Waals surface area contributed by atoms with Crippen LogP contribution in [0.25, 0.3) is 0 Å². The summed E-state index contributed by atoms with van der Waals surface area (Å²) in [5.74, 6) is -0.315. The molecule has 0 spiro atoms. The lowest BCUT2D eigenvalue weighted by Gasteiger charge is -2.07. The second-order valence-electron chi connectivity index (χ2n) is 4.41. The quantitative estimate of drug-likeness (QED) is 0.675. The molecule has 0 amide bonds. The van der Waals surface area contributed by atoms with Crippen LogP contribution in [0.1, 0.15) is 11.1 Å². The van der Waals surface area contributed by atoms with Crippen molar-refractivity contribution >= 4 is 11.4 Å². The molecule has 106 valence electrons. The minimum atomic E-state index is -0.508. The lowest BCUT2D eigenvalue weighted by molar-refractivity contribution is -0.384. The minimum Gasteiger partial charge on any atom is -0.379 e. The fourth-order valence-corrected chi connectivity index (χ4v) is 1.94. The third-order valence-electron chi connectivity index (χ3n) is 2.94. The van der Waals surface area contributed by atoms with Crippen molar-refractivity contribution in [2.45, 2.75) is 6.42 Å². The SMILES string of the molecule is N#Cc1ccc([N+](=O)[O-])c(NCCc2cccc(F)c2)c1. The van der Waals surface area contributed by atoms with E-state index in [1.54, 1.807) is 12.1 Å². The van der Waals surface area contributed by atoms with Crippen molar-refractivity contribution in [2.24, 2.45) is 0 Å². The standard InChI is InChI=1S/C15H12FN3O2/c16-13-3-1-2-11(8-13)6-7-18-14-9-12(10-17)4-5-15(14)19(20)21/h1-5,8-9,18H,6-7H2. The first-order chi connectivity index (χ1) is 10.1. The first-order valence-electron chi connectivity index (χ1n) is 6.27. The molecule has 0 saturated carbocycles. The Kier molecular flexibility index (Phi) is 4.46. The Morgan fingerprint density at radius 3 is 2.76 bits per heavy atom. The average Bonchev–Trinajstić information content (AvgIpc) is 2.47. The van der Waals surface area contributed by atoms with E-state index >= 15 is 0 Å². The number of halogens is 1. The summed E-state index contributed by atoms with van der Waals surface area (Å²) in [5, 5.41) is 22.7. The first kappa shape index (κ1) is 14.5. The number of nitriles is 1. The highest BCUT2D eigenvalue weighted by Crippen LogP contribution is 2.25. The van der Waals surface area contributed by atoms with Gasteiger partial charge >= 0.3 is 0 Å². The molecule has 21 heavy (non-hydrogen) atoms. The molecule has 2 rings (SSSR count). The van der Waals surface area contributed by atoms with Crippen LogP contribution in [0.2, 0.25) is 0 Å². The summed E-state index contributed by atoms with van der Waals surface area (Å²) in [6.45, 7) is 0.402. The second kappa shape index (κ2) is 6.48. The summed E-state index contributed by atoms with van der Waals surface area (Å²) in [4.78, 5) is 10.4. The molecule has 0 atom stereocenters. The van der Waals surface area contributed by atoms with Crippen LogP contribution in [0, 0.1) is 27.3 Å². The van der Waals surface area contributed by atoms with Crippen molar-refractivity contribution in [3.05, 3.63) is 69.5 Å². The molecule has 0 fully saturated rings. The van der Waals surface area contributed by atoms with Crippen LogP contribution >= 0.6 is 0 Å². The maximum absolute atomic E-state index is 13.0. The summed E-state index contributed by atoms with van der Waals surface area (Å²) in [6, 6.07) is 12.2. The number of hydrogen-bond donors (Lipinski definition) is 1. The van der Waals surface area contributed by atoms with Crippen LogP contribution in [0.5, 0.6) is 0 Å². The van der Waals surface area contributed by atoms with Crippen LogP contribution in [0.4, 0.5) is 15.8 Å². The second-order valence-corrected chi connectivity index (χ2v) is 4.41. The van der Waals surface area contributed by atoms with Gasteiger partial charge in [0.1, 0.15) is 11.5 Å². The van der Waals surface area contributed by atoms with Crippen molar-refractivity contribution in [2.75, 3.05) is 11.9 Å². The van der Waals surface area contributed by atoms with E-state index in [9.17, 15) is 14.5 Å². The third kappa shape index (κ3) is 3.76. The van der Waals surface area contributed by atoms with Crippen LogP contribution in [-0.2, 0) is 6.42 Å². The molecule has 0 aliphatic rings. The van der Waals surface area contributed by atoms with E-state index in [1.807, 2.05) is 6.07 Å². The fourth-order valence-electron chi connectivity index (χ4n) is 1.94. The zero-order valence-corrected chi connectivity index (χ0v) is 11.0. The molecule has 0 saturated heterocycles. The first-order valence-corrected chi connectivity index (χ1v) is 6.27. The van der Waals surface area contributed by atoms with Crippen molar-refractivity contribution < 1.29 is 9.31 Å². The van der Waals surface area contributed by atoms with Gasteiger partial charge in [0.25, 0.3) is 5.69 Å². The highest BCUT2D eigenvalue weighted by Gasteiger charge is 2.13. The van der Waals surface area contributed by atoms with Crippen molar-refractivity contribution in [3.8, 4) is 6.07 Å². The highest BCUT2D eigenvalue weighted by molar-refractivity contribution is 5.64.